The summed E-state index contributed by atoms with van der Waals surface area (Å²) in [5.74, 6) is -0.645. The maximum absolute atomic E-state index is 12.2. The number of nitrogens with two attached hydrogens (primary N) is 1. The first kappa shape index (κ1) is 12.7. The molecule has 0 spiro atoms. The molecule has 0 saturated heterocycles. The van der Waals surface area contributed by atoms with Gasteiger partial charge in [0.2, 0.25) is 0 Å². The Bertz CT molecular complexity index is 505. The van der Waals surface area contributed by atoms with Crippen LogP contribution in [-0.4, -0.2) is 27.7 Å². The van der Waals surface area contributed by atoms with Crippen LogP contribution in [0.15, 0.2) is 24.3 Å². The molecular weight excluding hydrogens is 248 g/mol. The third-order valence-corrected chi connectivity index (χ3v) is 3.27. The Labute approximate surface area is 111 Å². The van der Waals surface area contributed by atoms with Gasteiger partial charge in [0.1, 0.15) is 0 Å². The van der Waals surface area contributed by atoms with E-state index in [1.807, 2.05) is 13.8 Å². The van der Waals surface area contributed by atoms with Crippen LogP contribution in [0.5, 0.6) is 0 Å². The Morgan fingerprint density at radius 2 is 1.61 bits per heavy atom. The molecule has 1 atom stereocenters. The standard InChI is InChI=1S/C13H14N2O2S/c1-7(2)10(11(14)18)15-12(16)8-5-3-4-6-9(8)13(15)17/h3-7,10H,1-2H3,(H2,14,18). The van der Waals surface area contributed by atoms with Gasteiger partial charge in [-0.15, -0.1) is 0 Å². The molecule has 2 amide bonds. The first-order valence-corrected chi connectivity index (χ1v) is 6.12. The van der Waals surface area contributed by atoms with Gasteiger partial charge in [-0.1, -0.05) is 38.2 Å². The summed E-state index contributed by atoms with van der Waals surface area (Å²) >= 11 is 4.98. The van der Waals surface area contributed by atoms with Crippen LogP contribution in [0.3, 0.4) is 0 Å². The molecular formula is C13H14N2O2S. The number of imide groups is 1. The van der Waals surface area contributed by atoms with Gasteiger partial charge in [0, 0.05) is 0 Å². The van der Waals surface area contributed by atoms with E-state index in [0.29, 0.717) is 11.1 Å². The maximum Gasteiger partial charge on any atom is 0.262 e. The van der Waals surface area contributed by atoms with Gasteiger partial charge in [-0.3, -0.25) is 14.5 Å². The van der Waals surface area contributed by atoms with Crippen molar-refractivity contribution < 1.29 is 9.59 Å². The van der Waals surface area contributed by atoms with Crippen LogP contribution < -0.4 is 5.73 Å². The van der Waals surface area contributed by atoms with Gasteiger partial charge in [0.25, 0.3) is 11.8 Å². The average Bonchev–Trinajstić information content (AvgIpc) is 2.55. The van der Waals surface area contributed by atoms with Gasteiger partial charge in [0.15, 0.2) is 0 Å². The predicted octanol–water partition coefficient (Wildman–Crippen LogP) is 1.59. The van der Waals surface area contributed by atoms with Crippen molar-refractivity contribution in [1.82, 2.24) is 4.90 Å². The van der Waals surface area contributed by atoms with E-state index in [9.17, 15) is 9.59 Å². The molecule has 94 valence electrons. The highest BCUT2D eigenvalue weighted by Gasteiger charge is 2.41. The molecule has 0 aromatic heterocycles. The van der Waals surface area contributed by atoms with Crippen molar-refractivity contribution in [3.63, 3.8) is 0 Å². The predicted molar refractivity (Wildman–Crippen MR) is 72.4 cm³/mol. The lowest BCUT2D eigenvalue weighted by Gasteiger charge is -2.28. The van der Waals surface area contributed by atoms with Crippen LogP contribution in [0.25, 0.3) is 0 Å². The number of thiocarbonyl (C=S) groups is 1. The molecule has 5 heteroatoms. The third-order valence-electron chi connectivity index (χ3n) is 3.03. The summed E-state index contributed by atoms with van der Waals surface area (Å²) in [7, 11) is 0. The number of hydrogen-bond donors (Lipinski definition) is 1. The molecule has 2 rings (SSSR count). The fourth-order valence-electron chi connectivity index (χ4n) is 2.21. The highest BCUT2D eigenvalue weighted by Crippen LogP contribution is 2.27. The van der Waals surface area contributed by atoms with Gasteiger partial charge in [0.05, 0.1) is 22.2 Å². The zero-order valence-corrected chi connectivity index (χ0v) is 11.0. The minimum atomic E-state index is -0.535. The van der Waals surface area contributed by atoms with E-state index < -0.39 is 6.04 Å². The molecule has 1 aliphatic rings. The van der Waals surface area contributed by atoms with E-state index in [2.05, 4.69) is 0 Å². The summed E-state index contributed by atoms with van der Waals surface area (Å²) in [6.45, 7) is 3.76. The van der Waals surface area contributed by atoms with Crippen molar-refractivity contribution in [3.05, 3.63) is 35.4 Å². The first-order chi connectivity index (χ1) is 8.45. The van der Waals surface area contributed by atoms with Crippen molar-refractivity contribution in [1.29, 1.82) is 0 Å². The van der Waals surface area contributed by atoms with Crippen LogP contribution >= 0.6 is 12.2 Å². The van der Waals surface area contributed by atoms with Crippen LogP contribution in [0.4, 0.5) is 0 Å². The Hall–Kier alpha value is -1.75. The lowest BCUT2D eigenvalue weighted by molar-refractivity contribution is 0.0598. The summed E-state index contributed by atoms with van der Waals surface area (Å²) < 4.78 is 0. The van der Waals surface area contributed by atoms with Crippen molar-refractivity contribution in [2.75, 3.05) is 0 Å². The van der Waals surface area contributed by atoms with E-state index in [-0.39, 0.29) is 22.7 Å². The number of carbonyl (C=O) groups is 2. The number of nitrogens with zero attached hydrogens (tertiary/aromatic N) is 1. The Morgan fingerprint density at radius 1 is 1.17 bits per heavy atom. The summed E-state index contributed by atoms with van der Waals surface area (Å²) in [6.07, 6.45) is 0. The number of benzene rings is 1. The Kier molecular flexibility index (Phi) is 3.17. The van der Waals surface area contributed by atoms with Crippen LogP contribution in [0, 0.1) is 5.92 Å². The minimum Gasteiger partial charge on any atom is -0.392 e. The summed E-state index contributed by atoms with van der Waals surface area (Å²) in [4.78, 5) is 25.8. The second-order valence-corrected chi connectivity index (χ2v) is 5.09. The smallest absolute Gasteiger partial charge is 0.262 e. The largest absolute Gasteiger partial charge is 0.392 e. The number of rotatable bonds is 3. The number of hydrogen-bond acceptors (Lipinski definition) is 3. The van der Waals surface area contributed by atoms with E-state index in [1.54, 1.807) is 24.3 Å². The molecule has 0 radical (unpaired) electrons. The lowest BCUT2D eigenvalue weighted by Crippen LogP contribution is -2.49. The van der Waals surface area contributed by atoms with Gasteiger partial charge in [-0.05, 0) is 18.1 Å². The van der Waals surface area contributed by atoms with Gasteiger partial charge < -0.3 is 5.73 Å². The zero-order chi connectivity index (χ0) is 13.4. The number of fused-ring (bicyclic) bond motifs is 1. The molecule has 2 N–H and O–H groups in total. The van der Waals surface area contributed by atoms with E-state index in [0.717, 1.165) is 0 Å². The summed E-state index contributed by atoms with van der Waals surface area (Å²) in [5.41, 5.74) is 6.50. The summed E-state index contributed by atoms with van der Waals surface area (Å²) in [6, 6.07) is 6.23. The minimum absolute atomic E-state index is 0.00953. The highest BCUT2D eigenvalue weighted by molar-refractivity contribution is 7.80. The molecule has 1 aliphatic heterocycles. The van der Waals surface area contributed by atoms with Crippen molar-refractivity contribution in [2.24, 2.45) is 11.7 Å². The monoisotopic (exact) mass is 262 g/mol. The lowest BCUT2D eigenvalue weighted by atomic mass is 10.0. The second kappa shape index (κ2) is 4.49. The van der Waals surface area contributed by atoms with E-state index >= 15 is 0 Å². The molecule has 0 fully saturated rings. The molecule has 0 aliphatic carbocycles. The zero-order valence-electron chi connectivity index (χ0n) is 10.2. The fourth-order valence-corrected chi connectivity index (χ4v) is 2.59. The van der Waals surface area contributed by atoms with Gasteiger partial charge in [-0.2, -0.15) is 0 Å². The topological polar surface area (TPSA) is 63.4 Å². The fraction of sp³-hybridized carbons (Fsp3) is 0.308. The summed E-state index contributed by atoms with van der Waals surface area (Å²) in [5, 5.41) is 0. The molecule has 18 heavy (non-hydrogen) atoms. The number of amides is 2. The van der Waals surface area contributed by atoms with Gasteiger partial charge in [-0.25, -0.2) is 0 Å². The van der Waals surface area contributed by atoms with Crippen molar-refractivity contribution in [2.45, 2.75) is 19.9 Å². The SMILES string of the molecule is CC(C)C(C(N)=S)N1C(=O)c2ccccc2C1=O. The molecule has 1 unspecified atom stereocenters. The van der Waals surface area contributed by atoms with Crippen molar-refractivity contribution in [3.8, 4) is 0 Å². The Balaban J connectivity index is 2.47. The van der Waals surface area contributed by atoms with E-state index in [4.69, 9.17) is 18.0 Å². The quantitative estimate of drug-likeness (QED) is 0.663. The van der Waals surface area contributed by atoms with Crippen LogP contribution in [0.2, 0.25) is 0 Å². The molecule has 1 aromatic carbocycles. The number of carbonyl (C=O) groups excluding carboxylic acids is 2. The molecule has 0 bridgehead atoms. The molecule has 1 aromatic rings. The van der Waals surface area contributed by atoms with Crippen LogP contribution in [-0.2, 0) is 0 Å². The second-order valence-electron chi connectivity index (χ2n) is 4.62. The average molecular weight is 262 g/mol. The maximum atomic E-state index is 12.2. The normalized spacial score (nSPS) is 16.1. The van der Waals surface area contributed by atoms with Crippen LogP contribution in [0.1, 0.15) is 34.6 Å². The Morgan fingerprint density at radius 3 is 1.94 bits per heavy atom. The van der Waals surface area contributed by atoms with Gasteiger partial charge >= 0.3 is 0 Å². The van der Waals surface area contributed by atoms with Crippen molar-refractivity contribution >= 4 is 29.0 Å². The van der Waals surface area contributed by atoms with E-state index in [1.165, 1.54) is 4.90 Å². The third kappa shape index (κ3) is 1.80. The molecule has 1 heterocycles. The molecule has 4 nitrogen and oxygen atoms in total. The first-order valence-electron chi connectivity index (χ1n) is 5.71. The molecule has 0 saturated carbocycles. The highest BCUT2D eigenvalue weighted by atomic mass is 32.1.